The van der Waals surface area contributed by atoms with E-state index in [4.69, 9.17) is 11.6 Å². The molecule has 1 N–H and O–H groups in total. The lowest BCUT2D eigenvalue weighted by Crippen LogP contribution is -2.55. The zero-order valence-corrected chi connectivity index (χ0v) is 17.9. The van der Waals surface area contributed by atoms with Gasteiger partial charge in [0.25, 0.3) is 0 Å². The Morgan fingerprint density at radius 1 is 1.10 bits per heavy atom. The molecule has 0 radical (unpaired) electrons. The number of benzene rings is 2. The molecule has 1 aliphatic carbocycles. The first-order valence-corrected chi connectivity index (χ1v) is 10.6. The molecule has 6 nitrogen and oxygen atoms in total. The van der Waals surface area contributed by atoms with E-state index in [1.165, 1.54) is 17.0 Å². The van der Waals surface area contributed by atoms with E-state index in [1.54, 1.807) is 12.1 Å². The molecule has 0 bridgehead atoms. The number of hydrogen-bond donors (Lipinski definition) is 1. The highest BCUT2D eigenvalue weighted by Crippen LogP contribution is 2.26. The van der Waals surface area contributed by atoms with Gasteiger partial charge in [-0.1, -0.05) is 17.7 Å². The minimum Gasteiger partial charge on any atom is -0.365 e. The van der Waals surface area contributed by atoms with E-state index in [9.17, 15) is 18.8 Å². The third-order valence-electron chi connectivity index (χ3n) is 5.87. The van der Waals surface area contributed by atoms with Crippen LogP contribution < -0.4 is 10.2 Å². The van der Waals surface area contributed by atoms with Crippen LogP contribution in [0.4, 0.5) is 15.8 Å². The number of fused-ring (bicyclic) bond motifs is 1. The molecule has 1 fully saturated rings. The fraction of sp³-hybridized carbons (Fsp3) is 0.348. The molecule has 162 valence electrons. The average Bonchev–Trinajstić information content (AvgIpc) is 2.75. The van der Waals surface area contributed by atoms with E-state index >= 15 is 0 Å². The van der Waals surface area contributed by atoms with Crippen LogP contribution in [0.5, 0.6) is 0 Å². The predicted octanol–water partition coefficient (Wildman–Crippen LogP) is 3.21. The largest absolute Gasteiger partial charge is 0.365 e. The number of carbonyl (C=O) groups is 3. The average molecular weight is 444 g/mol. The minimum atomic E-state index is -0.690. The summed E-state index contributed by atoms with van der Waals surface area (Å²) in [7, 11) is 0. The van der Waals surface area contributed by atoms with Gasteiger partial charge in [-0.3, -0.25) is 14.4 Å². The van der Waals surface area contributed by atoms with Gasteiger partial charge < -0.3 is 15.1 Å². The monoisotopic (exact) mass is 443 g/mol. The third kappa shape index (κ3) is 4.56. The van der Waals surface area contributed by atoms with Gasteiger partial charge in [0.1, 0.15) is 11.6 Å². The molecule has 2 amide bonds. The molecule has 1 heterocycles. The number of rotatable bonds is 2. The predicted molar refractivity (Wildman–Crippen MR) is 117 cm³/mol. The SMILES string of the molecule is C[C@@H]1CN(C(=O)C(=O)Nc2ccc3c(c2)CCC(=O)C3)CCN1c1ccc(Cl)c(F)c1. The molecule has 31 heavy (non-hydrogen) atoms. The van der Waals surface area contributed by atoms with Crippen molar-refractivity contribution >= 4 is 40.6 Å². The maximum atomic E-state index is 13.8. The summed E-state index contributed by atoms with van der Waals surface area (Å²) >= 11 is 5.76. The Kier molecular flexibility index (Phi) is 5.96. The third-order valence-corrected chi connectivity index (χ3v) is 6.18. The summed E-state index contributed by atoms with van der Waals surface area (Å²) in [5.41, 5.74) is 3.25. The maximum Gasteiger partial charge on any atom is 0.313 e. The topological polar surface area (TPSA) is 69.7 Å². The summed E-state index contributed by atoms with van der Waals surface area (Å²) < 4.78 is 13.8. The number of amides is 2. The smallest absolute Gasteiger partial charge is 0.313 e. The highest BCUT2D eigenvalue weighted by atomic mass is 35.5. The molecule has 4 rings (SSSR count). The van der Waals surface area contributed by atoms with Gasteiger partial charge >= 0.3 is 11.8 Å². The van der Waals surface area contributed by atoms with Gasteiger partial charge in [0, 0.05) is 49.9 Å². The zero-order valence-electron chi connectivity index (χ0n) is 17.2. The van der Waals surface area contributed by atoms with E-state index in [0.717, 1.165) is 11.1 Å². The second kappa shape index (κ2) is 8.67. The first-order chi connectivity index (χ1) is 14.8. The molecule has 0 saturated carbocycles. The van der Waals surface area contributed by atoms with Crippen molar-refractivity contribution in [1.29, 1.82) is 0 Å². The van der Waals surface area contributed by atoms with Gasteiger partial charge in [0.15, 0.2) is 0 Å². The van der Waals surface area contributed by atoms with Crippen molar-refractivity contribution in [2.45, 2.75) is 32.2 Å². The number of aryl methyl sites for hydroxylation is 1. The number of halogens is 2. The number of carbonyl (C=O) groups excluding carboxylic acids is 3. The number of nitrogens with one attached hydrogen (secondary N) is 1. The Balaban J connectivity index is 1.38. The number of ketones is 1. The van der Waals surface area contributed by atoms with Gasteiger partial charge in [-0.05, 0) is 54.8 Å². The Morgan fingerprint density at radius 2 is 1.90 bits per heavy atom. The number of anilines is 2. The first-order valence-electron chi connectivity index (χ1n) is 10.3. The van der Waals surface area contributed by atoms with E-state index < -0.39 is 17.6 Å². The molecule has 2 aromatic carbocycles. The van der Waals surface area contributed by atoms with Crippen molar-refractivity contribution in [1.82, 2.24) is 4.90 Å². The highest BCUT2D eigenvalue weighted by molar-refractivity contribution is 6.39. The minimum absolute atomic E-state index is 0.0654. The van der Waals surface area contributed by atoms with Crippen LogP contribution in [0.2, 0.25) is 5.02 Å². The van der Waals surface area contributed by atoms with Crippen molar-refractivity contribution in [3.05, 3.63) is 58.4 Å². The normalized spacial score (nSPS) is 18.5. The molecule has 2 aliphatic rings. The van der Waals surface area contributed by atoms with Crippen molar-refractivity contribution in [2.24, 2.45) is 0 Å². The lowest BCUT2D eigenvalue weighted by Gasteiger charge is -2.41. The summed E-state index contributed by atoms with van der Waals surface area (Å²) in [6, 6.07) is 9.94. The Hall–Kier alpha value is -2.93. The summed E-state index contributed by atoms with van der Waals surface area (Å²) in [5.74, 6) is -1.56. The number of hydrogen-bond acceptors (Lipinski definition) is 4. The summed E-state index contributed by atoms with van der Waals surface area (Å²) in [6.07, 6.45) is 1.57. The Morgan fingerprint density at radius 3 is 2.65 bits per heavy atom. The first kappa shape index (κ1) is 21.3. The van der Waals surface area contributed by atoms with E-state index in [1.807, 2.05) is 24.0 Å². The lowest BCUT2D eigenvalue weighted by molar-refractivity contribution is -0.143. The quantitative estimate of drug-likeness (QED) is 0.723. The Bertz CT molecular complexity index is 1060. The van der Waals surface area contributed by atoms with Crippen LogP contribution in [-0.4, -0.2) is 48.2 Å². The molecular formula is C23H23ClFN3O3. The van der Waals surface area contributed by atoms with Crippen LogP contribution in [0.25, 0.3) is 0 Å². The van der Waals surface area contributed by atoms with Crippen LogP contribution in [-0.2, 0) is 27.2 Å². The summed E-state index contributed by atoms with van der Waals surface area (Å²) in [4.78, 5) is 40.3. The molecule has 2 aromatic rings. The van der Waals surface area contributed by atoms with Gasteiger partial charge in [0.05, 0.1) is 5.02 Å². The van der Waals surface area contributed by atoms with Crippen molar-refractivity contribution in [3.8, 4) is 0 Å². The maximum absolute atomic E-state index is 13.8. The van der Waals surface area contributed by atoms with Crippen molar-refractivity contribution < 1.29 is 18.8 Å². The van der Waals surface area contributed by atoms with E-state index in [0.29, 0.717) is 50.3 Å². The van der Waals surface area contributed by atoms with Gasteiger partial charge in [-0.2, -0.15) is 0 Å². The molecule has 0 spiro atoms. The molecule has 0 aromatic heterocycles. The van der Waals surface area contributed by atoms with Crippen molar-refractivity contribution in [3.63, 3.8) is 0 Å². The molecular weight excluding hydrogens is 421 g/mol. The number of piperazine rings is 1. The molecule has 1 aliphatic heterocycles. The number of nitrogens with zero attached hydrogens (tertiary/aromatic N) is 2. The van der Waals surface area contributed by atoms with Gasteiger partial charge in [0.2, 0.25) is 0 Å². The second-order valence-electron chi connectivity index (χ2n) is 8.05. The molecule has 0 unspecified atom stereocenters. The molecule has 1 saturated heterocycles. The van der Waals surface area contributed by atoms with Gasteiger partial charge in [-0.15, -0.1) is 0 Å². The summed E-state index contributed by atoms with van der Waals surface area (Å²) in [5, 5.41) is 2.74. The van der Waals surface area contributed by atoms with Crippen LogP contribution in [0.3, 0.4) is 0 Å². The standard InChI is InChI=1S/C23H23ClFN3O3/c1-14-13-27(8-9-28(14)18-5-7-20(24)21(25)12-18)23(31)22(30)26-17-4-2-16-11-19(29)6-3-15(16)10-17/h2,4-5,7,10,12,14H,3,6,8-9,11,13H2,1H3,(H,26,30)/t14-/m1/s1. The second-order valence-corrected chi connectivity index (χ2v) is 8.45. The van der Waals surface area contributed by atoms with E-state index in [-0.39, 0.29) is 16.8 Å². The number of Topliss-reactive ketones (excluding diaryl/α,β-unsaturated/α-hetero) is 1. The summed E-state index contributed by atoms with van der Waals surface area (Å²) in [6.45, 7) is 3.11. The van der Waals surface area contributed by atoms with Crippen LogP contribution >= 0.6 is 11.6 Å². The zero-order chi connectivity index (χ0) is 22.1. The van der Waals surface area contributed by atoms with Crippen molar-refractivity contribution in [2.75, 3.05) is 29.9 Å². The van der Waals surface area contributed by atoms with Gasteiger partial charge in [-0.25, -0.2) is 4.39 Å². The molecule has 1 atom stereocenters. The van der Waals surface area contributed by atoms with Crippen LogP contribution in [0.15, 0.2) is 36.4 Å². The fourth-order valence-corrected chi connectivity index (χ4v) is 4.32. The fourth-order valence-electron chi connectivity index (χ4n) is 4.20. The van der Waals surface area contributed by atoms with E-state index in [2.05, 4.69) is 5.32 Å². The molecule has 8 heteroatoms. The van der Waals surface area contributed by atoms with Crippen LogP contribution in [0, 0.1) is 5.82 Å². The van der Waals surface area contributed by atoms with Crippen LogP contribution in [0.1, 0.15) is 24.5 Å². The lowest BCUT2D eigenvalue weighted by atomic mass is 9.90. The highest BCUT2D eigenvalue weighted by Gasteiger charge is 2.30. The Labute approximate surface area is 185 Å².